The fourth-order valence-electron chi connectivity index (χ4n) is 4.39. The molecule has 7 nitrogen and oxygen atoms in total. The van der Waals surface area contributed by atoms with Crippen molar-refractivity contribution in [3.63, 3.8) is 0 Å². The average molecular weight is 421 g/mol. The molecule has 3 unspecified atom stereocenters. The van der Waals surface area contributed by atoms with Gasteiger partial charge in [0.1, 0.15) is 0 Å². The fraction of sp³-hybridized carbons (Fsp3) is 0.375. The highest BCUT2D eigenvalue weighted by Crippen LogP contribution is 2.26. The Morgan fingerprint density at radius 2 is 1.74 bits per heavy atom. The quantitative estimate of drug-likeness (QED) is 0.633. The maximum absolute atomic E-state index is 12.5. The maximum Gasteiger partial charge on any atom is 0.251 e. The van der Waals surface area contributed by atoms with Gasteiger partial charge in [-0.2, -0.15) is 0 Å². The van der Waals surface area contributed by atoms with E-state index in [0.717, 1.165) is 5.56 Å². The topological polar surface area (TPSA) is 90.5 Å². The van der Waals surface area contributed by atoms with Crippen LogP contribution in [-0.2, 0) is 16.1 Å². The summed E-state index contributed by atoms with van der Waals surface area (Å²) in [6, 6.07) is 18.7. The molecule has 0 aliphatic carbocycles. The summed E-state index contributed by atoms with van der Waals surface area (Å²) >= 11 is 0. The van der Waals surface area contributed by atoms with Gasteiger partial charge in [0.15, 0.2) is 0 Å². The molecule has 2 saturated heterocycles. The SMILES string of the molecule is O=C(CCC1CNC(=O)C2CC(NC(=O)c3ccccc3)CN12)NCc1ccccc1. The van der Waals surface area contributed by atoms with Crippen molar-refractivity contribution >= 4 is 17.7 Å². The van der Waals surface area contributed by atoms with Gasteiger partial charge in [-0.05, 0) is 30.5 Å². The van der Waals surface area contributed by atoms with Crippen LogP contribution >= 0.6 is 0 Å². The second-order valence-electron chi connectivity index (χ2n) is 8.18. The Bertz CT molecular complexity index is 919. The van der Waals surface area contributed by atoms with E-state index < -0.39 is 0 Å². The molecule has 2 aromatic rings. The van der Waals surface area contributed by atoms with E-state index in [1.807, 2.05) is 48.5 Å². The first-order chi connectivity index (χ1) is 15.1. The Hall–Kier alpha value is -3.19. The standard InChI is InChI=1S/C24H28N4O3/c29-22(25-14-17-7-3-1-4-8-17)12-11-20-15-26-24(31)21-13-19(16-28(20)21)27-23(30)18-9-5-2-6-10-18/h1-10,19-21H,11-16H2,(H,25,29)(H,26,31)(H,27,30). The molecule has 0 bridgehead atoms. The molecule has 3 amide bonds. The molecule has 0 radical (unpaired) electrons. The van der Waals surface area contributed by atoms with Crippen molar-refractivity contribution in [1.82, 2.24) is 20.9 Å². The van der Waals surface area contributed by atoms with E-state index in [1.165, 1.54) is 0 Å². The molecule has 2 aliphatic rings. The Kier molecular flexibility index (Phi) is 6.62. The van der Waals surface area contributed by atoms with Crippen molar-refractivity contribution in [1.29, 1.82) is 0 Å². The van der Waals surface area contributed by atoms with Gasteiger partial charge in [0.2, 0.25) is 11.8 Å². The van der Waals surface area contributed by atoms with Gasteiger partial charge in [-0.3, -0.25) is 19.3 Å². The molecule has 2 fully saturated rings. The van der Waals surface area contributed by atoms with Crippen LogP contribution in [0.3, 0.4) is 0 Å². The summed E-state index contributed by atoms with van der Waals surface area (Å²) in [4.78, 5) is 39.3. The summed E-state index contributed by atoms with van der Waals surface area (Å²) in [5.74, 6) is -0.116. The smallest absolute Gasteiger partial charge is 0.251 e. The summed E-state index contributed by atoms with van der Waals surface area (Å²) in [7, 11) is 0. The fourth-order valence-corrected chi connectivity index (χ4v) is 4.39. The summed E-state index contributed by atoms with van der Waals surface area (Å²) < 4.78 is 0. The lowest BCUT2D eigenvalue weighted by atomic mass is 10.0. The van der Waals surface area contributed by atoms with Crippen LogP contribution in [0.25, 0.3) is 0 Å². The van der Waals surface area contributed by atoms with Gasteiger partial charge in [-0.25, -0.2) is 0 Å². The van der Waals surface area contributed by atoms with Crippen LogP contribution in [-0.4, -0.2) is 53.8 Å². The van der Waals surface area contributed by atoms with Crippen molar-refractivity contribution in [2.45, 2.75) is 43.9 Å². The maximum atomic E-state index is 12.5. The molecule has 2 heterocycles. The third-order valence-corrected chi connectivity index (χ3v) is 6.03. The molecule has 3 atom stereocenters. The first-order valence-corrected chi connectivity index (χ1v) is 10.8. The van der Waals surface area contributed by atoms with Gasteiger partial charge in [0, 0.05) is 43.7 Å². The number of carbonyl (C=O) groups is 3. The summed E-state index contributed by atoms with van der Waals surface area (Å²) in [5.41, 5.74) is 1.68. The molecule has 0 spiro atoms. The van der Waals surface area contributed by atoms with E-state index in [4.69, 9.17) is 0 Å². The van der Waals surface area contributed by atoms with Crippen molar-refractivity contribution in [2.24, 2.45) is 0 Å². The number of carbonyl (C=O) groups excluding carboxylic acids is 3. The van der Waals surface area contributed by atoms with Gasteiger partial charge in [0.25, 0.3) is 5.91 Å². The number of nitrogens with one attached hydrogen (secondary N) is 3. The van der Waals surface area contributed by atoms with Crippen LogP contribution in [0.1, 0.15) is 35.2 Å². The Labute approximate surface area is 182 Å². The predicted octanol–water partition coefficient (Wildman–Crippen LogP) is 1.45. The number of rotatable bonds is 7. The number of hydrogen-bond acceptors (Lipinski definition) is 4. The minimum absolute atomic E-state index is 0.00115. The van der Waals surface area contributed by atoms with Crippen LogP contribution in [0.4, 0.5) is 0 Å². The third-order valence-electron chi connectivity index (χ3n) is 6.03. The lowest BCUT2D eigenvalue weighted by Gasteiger charge is -2.37. The molecular weight excluding hydrogens is 392 g/mol. The van der Waals surface area contributed by atoms with Crippen molar-refractivity contribution in [3.8, 4) is 0 Å². The van der Waals surface area contributed by atoms with Crippen molar-refractivity contribution in [3.05, 3.63) is 71.8 Å². The number of fused-ring (bicyclic) bond motifs is 1. The first-order valence-electron chi connectivity index (χ1n) is 10.8. The molecule has 2 aromatic carbocycles. The summed E-state index contributed by atoms with van der Waals surface area (Å²) in [6.07, 6.45) is 1.65. The Morgan fingerprint density at radius 1 is 1.03 bits per heavy atom. The van der Waals surface area contributed by atoms with Gasteiger partial charge in [0.05, 0.1) is 6.04 Å². The molecule has 162 valence electrons. The molecule has 7 heteroatoms. The predicted molar refractivity (Wildman–Crippen MR) is 117 cm³/mol. The monoisotopic (exact) mass is 420 g/mol. The van der Waals surface area contributed by atoms with E-state index >= 15 is 0 Å². The van der Waals surface area contributed by atoms with Gasteiger partial charge >= 0.3 is 0 Å². The number of nitrogens with zero attached hydrogens (tertiary/aromatic N) is 1. The molecule has 31 heavy (non-hydrogen) atoms. The molecule has 3 N–H and O–H groups in total. The number of amides is 3. The van der Waals surface area contributed by atoms with Crippen LogP contribution in [0.2, 0.25) is 0 Å². The lowest BCUT2D eigenvalue weighted by Crippen LogP contribution is -2.58. The lowest BCUT2D eigenvalue weighted by molar-refractivity contribution is -0.129. The number of hydrogen-bond donors (Lipinski definition) is 3. The molecule has 0 aromatic heterocycles. The van der Waals surface area contributed by atoms with Gasteiger partial charge in [-0.15, -0.1) is 0 Å². The molecule has 0 saturated carbocycles. The first kappa shape index (κ1) is 21.1. The van der Waals surface area contributed by atoms with E-state index in [1.54, 1.807) is 12.1 Å². The van der Waals surface area contributed by atoms with Crippen molar-refractivity contribution in [2.75, 3.05) is 13.1 Å². The third kappa shape index (κ3) is 5.30. The largest absolute Gasteiger partial charge is 0.353 e. The molecule has 4 rings (SSSR count). The van der Waals surface area contributed by atoms with Crippen LogP contribution in [0, 0.1) is 0 Å². The number of piperazine rings is 1. The molecular formula is C24H28N4O3. The van der Waals surface area contributed by atoms with Crippen molar-refractivity contribution < 1.29 is 14.4 Å². The van der Waals surface area contributed by atoms with Crippen LogP contribution < -0.4 is 16.0 Å². The highest BCUT2D eigenvalue weighted by Gasteiger charge is 2.43. The van der Waals surface area contributed by atoms with Gasteiger partial charge in [-0.1, -0.05) is 48.5 Å². The minimum Gasteiger partial charge on any atom is -0.353 e. The minimum atomic E-state index is -0.257. The van der Waals surface area contributed by atoms with E-state index in [0.29, 0.717) is 44.5 Å². The second kappa shape index (κ2) is 9.75. The number of benzene rings is 2. The second-order valence-corrected chi connectivity index (χ2v) is 8.18. The highest BCUT2D eigenvalue weighted by atomic mass is 16.2. The van der Waals surface area contributed by atoms with Crippen LogP contribution in [0.15, 0.2) is 60.7 Å². The van der Waals surface area contributed by atoms with Gasteiger partial charge < -0.3 is 16.0 Å². The average Bonchev–Trinajstić information content (AvgIpc) is 3.23. The highest BCUT2D eigenvalue weighted by molar-refractivity contribution is 5.94. The zero-order chi connectivity index (χ0) is 21.6. The Morgan fingerprint density at radius 3 is 2.48 bits per heavy atom. The summed E-state index contributed by atoms with van der Waals surface area (Å²) in [6.45, 7) is 1.66. The zero-order valence-electron chi connectivity index (χ0n) is 17.4. The van der Waals surface area contributed by atoms with E-state index in [-0.39, 0.29) is 35.8 Å². The molecule has 2 aliphatic heterocycles. The van der Waals surface area contributed by atoms with Crippen LogP contribution in [0.5, 0.6) is 0 Å². The zero-order valence-corrected chi connectivity index (χ0v) is 17.4. The Balaban J connectivity index is 1.29. The normalized spacial score (nSPS) is 23.0. The van der Waals surface area contributed by atoms with E-state index in [9.17, 15) is 14.4 Å². The summed E-state index contributed by atoms with van der Waals surface area (Å²) in [5, 5.41) is 8.98. The van der Waals surface area contributed by atoms with E-state index in [2.05, 4.69) is 20.9 Å².